The zero-order valence-corrected chi connectivity index (χ0v) is 12.2. The van der Waals surface area contributed by atoms with Crippen molar-refractivity contribution in [2.24, 2.45) is 0 Å². The summed E-state index contributed by atoms with van der Waals surface area (Å²) in [7, 11) is 0. The lowest BCUT2D eigenvalue weighted by molar-refractivity contribution is 0.0516. The maximum Gasteiger partial charge on any atom is 0.289 e. The maximum absolute atomic E-state index is 12.4. The number of rotatable bonds is 2. The summed E-state index contributed by atoms with van der Waals surface area (Å²) in [5.41, 5.74) is -0.441. The van der Waals surface area contributed by atoms with E-state index in [1.165, 1.54) is 17.4 Å². The number of aromatic nitrogens is 1. The Morgan fingerprint density at radius 3 is 2.35 bits per heavy atom. The molecule has 2 amide bonds. The van der Waals surface area contributed by atoms with Crippen LogP contribution in [0, 0.1) is 0 Å². The summed E-state index contributed by atoms with van der Waals surface area (Å²) in [5.74, 6) is -0.686. The number of furan rings is 1. The zero-order chi connectivity index (χ0) is 16.4. The van der Waals surface area contributed by atoms with Crippen LogP contribution in [0.15, 0.2) is 39.9 Å². The Balaban J connectivity index is 1.65. The molecule has 0 aliphatic carbocycles. The number of amides is 2. The minimum absolute atomic E-state index is 0.0374. The number of aromatic amines is 1. The van der Waals surface area contributed by atoms with Crippen molar-refractivity contribution in [3.05, 3.63) is 52.3 Å². The highest BCUT2D eigenvalue weighted by molar-refractivity contribution is 5.97. The van der Waals surface area contributed by atoms with E-state index in [1.807, 2.05) is 0 Å². The number of hydrogen-bond donors (Lipinski definition) is 2. The van der Waals surface area contributed by atoms with Crippen LogP contribution in [0.2, 0.25) is 0 Å². The second-order valence-electron chi connectivity index (χ2n) is 5.16. The summed E-state index contributed by atoms with van der Waals surface area (Å²) in [4.78, 5) is 41.1. The first-order valence-electron chi connectivity index (χ1n) is 7.10. The van der Waals surface area contributed by atoms with Gasteiger partial charge in [0.25, 0.3) is 17.4 Å². The Morgan fingerprint density at radius 2 is 1.78 bits per heavy atom. The molecule has 8 heteroatoms. The maximum atomic E-state index is 12.4. The van der Waals surface area contributed by atoms with E-state index < -0.39 is 5.56 Å². The first-order chi connectivity index (χ1) is 11.1. The summed E-state index contributed by atoms with van der Waals surface area (Å²) < 4.78 is 5.08. The third kappa shape index (κ3) is 2.96. The molecule has 0 saturated carbocycles. The number of nitrogens with zero attached hydrogens (tertiary/aromatic N) is 2. The largest absolute Gasteiger partial charge is 0.507 e. The molecule has 3 rings (SSSR count). The standard InChI is InChI=1S/C15H15N3O5/c19-11-8-13(20)16-9-10(11)14(21)17-3-5-18(6-4-17)15(22)12-2-1-7-23-12/h1-2,7-9H,3-6H2,(H2,16,19,20). The fraction of sp³-hybridized carbons (Fsp3) is 0.267. The topological polar surface area (TPSA) is 107 Å². The van der Waals surface area contributed by atoms with Gasteiger partial charge in [-0.2, -0.15) is 0 Å². The van der Waals surface area contributed by atoms with E-state index in [0.717, 1.165) is 6.07 Å². The Kier molecular flexibility index (Phi) is 3.88. The lowest BCUT2D eigenvalue weighted by Gasteiger charge is -2.34. The first-order valence-corrected chi connectivity index (χ1v) is 7.10. The van der Waals surface area contributed by atoms with Gasteiger partial charge in [-0.3, -0.25) is 14.4 Å². The average molecular weight is 317 g/mol. The number of carbonyl (C=O) groups excluding carboxylic acids is 2. The van der Waals surface area contributed by atoms with Gasteiger partial charge in [0.05, 0.1) is 11.8 Å². The highest BCUT2D eigenvalue weighted by Gasteiger charge is 2.27. The van der Waals surface area contributed by atoms with Crippen molar-refractivity contribution < 1.29 is 19.1 Å². The predicted octanol–water partition coefficient (Wildman–Crippen LogP) is 0.272. The van der Waals surface area contributed by atoms with Gasteiger partial charge in [-0.25, -0.2) is 0 Å². The summed E-state index contributed by atoms with van der Waals surface area (Å²) in [6, 6.07) is 4.20. The van der Waals surface area contributed by atoms with Gasteiger partial charge in [0.1, 0.15) is 5.75 Å². The Bertz CT molecular complexity index is 773. The van der Waals surface area contributed by atoms with Gasteiger partial charge in [0, 0.05) is 38.4 Å². The van der Waals surface area contributed by atoms with Crippen molar-refractivity contribution in [3.63, 3.8) is 0 Å². The molecule has 23 heavy (non-hydrogen) atoms. The van der Waals surface area contributed by atoms with E-state index in [1.54, 1.807) is 17.0 Å². The number of nitrogens with one attached hydrogen (secondary N) is 1. The van der Waals surface area contributed by atoms with Gasteiger partial charge in [-0.15, -0.1) is 0 Å². The SMILES string of the molecule is O=C(c1ccco1)N1CCN(C(=O)c2c[nH]c(=O)cc2O)CC1. The van der Waals surface area contributed by atoms with Crippen molar-refractivity contribution >= 4 is 11.8 Å². The van der Waals surface area contributed by atoms with Crippen LogP contribution in [0.3, 0.4) is 0 Å². The van der Waals surface area contributed by atoms with Gasteiger partial charge in [-0.1, -0.05) is 0 Å². The summed E-state index contributed by atoms with van der Waals surface area (Å²) >= 11 is 0. The fourth-order valence-corrected chi connectivity index (χ4v) is 2.47. The molecule has 0 atom stereocenters. The Morgan fingerprint density at radius 1 is 1.13 bits per heavy atom. The van der Waals surface area contributed by atoms with Crippen molar-refractivity contribution in [1.29, 1.82) is 0 Å². The normalized spacial score (nSPS) is 14.8. The van der Waals surface area contributed by atoms with Gasteiger partial charge < -0.3 is 24.3 Å². The lowest BCUT2D eigenvalue weighted by atomic mass is 10.2. The summed E-state index contributed by atoms with van der Waals surface area (Å²) in [6.07, 6.45) is 2.63. The third-order valence-corrected chi connectivity index (χ3v) is 3.72. The van der Waals surface area contributed by atoms with E-state index in [9.17, 15) is 19.5 Å². The van der Waals surface area contributed by atoms with Crippen LogP contribution in [-0.2, 0) is 0 Å². The van der Waals surface area contributed by atoms with Crippen LogP contribution in [0.5, 0.6) is 5.75 Å². The quantitative estimate of drug-likeness (QED) is 0.827. The lowest BCUT2D eigenvalue weighted by Crippen LogP contribution is -2.50. The van der Waals surface area contributed by atoms with Crippen molar-refractivity contribution in [3.8, 4) is 5.75 Å². The van der Waals surface area contributed by atoms with Crippen LogP contribution < -0.4 is 5.56 Å². The number of piperazine rings is 1. The number of hydrogen-bond acceptors (Lipinski definition) is 5. The van der Waals surface area contributed by atoms with Crippen molar-refractivity contribution in [2.45, 2.75) is 0 Å². The molecule has 0 spiro atoms. The molecule has 2 aromatic heterocycles. The first kappa shape index (κ1) is 14.9. The molecule has 1 aliphatic rings. The molecule has 0 unspecified atom stereocenters. The summed E-state index contributed by atoms with van der Waals surface area (Å²) in [5, 5.41) is 9.71. The van der Waals surface area contributed by atoms with Gasteiger partial charge >= 0.3 is 0 Å². The molecule has 1 aliphatic heterocycles. The average Bonchev–Trinajstić information content (AvgIpc) is 3.08. The van der Waals surface area contributed by atoms with E-state index in [-0.39, 0.29) is 28.9 Å². The molecule has 3 heterocycles. The van der Waals surface area contributed by atoms with E-state index in [4.69, 9.17) is 4.42 Å². The Hall–Kier alpha value is -3.03. The molecule has 1 saturated heterocycles. The Labute approximate surface area is 130 Å². The minimum Gasteiger partial charge on any atom is -0.507 e. The van der Waals surface area contributed by atoms with Gasteiger partial charge in [0.2, 0.25) is 0 Å². The second-order valence-corrected chi connectivity index (χ2v) is 5.16. The number of aromatic hydroxyl groups is 1. The molecule has 1 fully saturated rings. The smallest absolute Gasteiger partial charge is 0.289 e. The molecular weight excluding hydrogens is 302 g/mol. The third-order valence-electron chi connectivity index (χ3n) is 3.72. The highest BCUT2D eigenvalue weighted by Crippen LogP contribution is 2.17. The number of pyridine rings is 1. The van der Waals surface area contributed by atoms with E-state index in [2.05, 4.69) is 4.98 Å². The van der Waals surface area contributed by atoms with Crippen LogP contribution in [0.4, 0.5) is 0 Å². The van der Waals surface area contributed by atoms with Crippen LogP contribution in [-0.4, -0.2) is 57.9 Å². The molecule has 2 N–H and O–H groups in total. The molecule has 120 valence electrons. The number of carbonyl (C=O) groups is 2. The van der Waals surface area contributed by atoms with Crippen LogP contribution >= 0.6 is 0 Å². The highest BCUT2D eigenvalue weighted by atomic mass is 16.3. The van der Waals surface area contributed by atoms with Gasteiger partial charge in [0.15, 0.2) is 5.76 Å². The molecular formula is C15H15N3O5. The second kappa shape index (κ2) is 5.99. The predicted molar refractivity (Wildman–Crippen MR) is 79.2 cm³/mol. The molecule has 2 aromatic rings. The van der Waals surface area contributed by atoms with E-state index in [0.29, 0.717) is 26.2 Å². The monoisotopic (exact) mass is 317 g/mol. The molecule has 0 bridgehead atoms. The molecule has 8 nitrogen and oxygen atoms in total. The van der Waals surface area contributed by atoms with Crippen LogP contribution in [0.1, 0.15) is 20.9 Å². The van der Waals surface area contributed by atoms with Crippen LogP contribution in [0.25, 0.3) is 0 Å². The van der Waals surface area contributed by atoms with Crippen molar-refractivity contribution in [2.75, 3.05) is 26.2 Å². The number of H-pyrrole nitrogens is 1. The van der Waals surface area contributed by atoms with E-state index >= 15 is 0 Å². The van der Waals surface area contributed by atoms with Crippen molar-refractivity contribution in [1.82, 2.24) is 14.8 Å². The molecule has 0 radical (unpaired) electrons. The zero-order valence-electron chi connectivity index (χ0n) is 12.2. The minimum atomic E-state index is -0.479. The van der Waals surface area contributed by atoms with Gasteiger partial charge in [-0.05, 0) is 12.1 Å². The fourth-order valence-electron chi connectivity index (χ4n) is 2.47. The molecule has 0 aromatic carbocycles. The summed E-state index contributed by atoms with van der Waals surface area (Å²) in [6.45, 7) is 1.42.